The summed E-state index contributed by atoms with van der Waals surface area (Å²) in [7, 11) is 1.66. The minimum atomic E-state index is -0.0896. The van der Waals surface area contributed by atoms with Crippen LogP contribution in [0.4, 0.5) is 0 Å². The lowest BCUT2D eigenvalue weighted by molar-refractivity contribution is 0.0635. The molecule has 1 amide bonds. The number of para-hydroxylation sites is 1. The first kappa shape index (κ1) is 24.2. The third kappa shape index (κ3) is 4.64. The minimum absolute atomic E-state index is 0. The zero-order valence-electron chi connectivity index (χ0n) is 17.0. The van der Waals surface area contributed by atoms with Gasteiger partial charge < -0.3 is 19.4 Å². The van der Waals surface area contributed by atoms with Gasteiger partial charge in [-0.1, -0.05) is 18.2 Å². The Morgan fingerprint density at radius 1 is 1.23 bits per heavy atom. The van der Waals surface area contributed by atoms with Crippen molar-refractivity contribution in [1.82, 2.24) is 15.2 Å². The quantitative estimate of drug-likeness (QED) is 0.601. The number of methoxy groups -OCH3 is 1. The van der Waals surface area contributed by atoms with Crippen LogP contribution >= 0.6 is 36.2 Å². The zero-order valence-corrected chi connectivity index (χ0v) is 19.5. The Morgan fingerprint density at radius 3 is 2.70 bits per heavy atom. The Morgan fingerprint density at radius 2 is 2.00 bits per heavy atom. The second kappa shape index (κ2) is 10.3. The first-order chi connectivity index (χ1) is 13.6. The third-order valence-electron chi connectivity index (χ3n) is 4.94. The van der Waals surface area contributed by atoms with Gasteiger partial charge in [-0.3, -0.25) is 4.79 Å². The first-order valence-corrected chi connectivity index (χ1v) is 10.1. The lowest BCUT2D eigenvalue weighted by atomic mass is 10.0. The van der Waals surface area contributed by atoms with Gasteiger partial charge in [-0.25, -0.2) is 4.98 Å². The molecule has 0 bridgehead atoms. The van der Waals surface area contributed by atoms with E-state index in [4.69, 9.17) is 9.15 Å². The largest absolute Gasteiger partial charge is 0.496 e. The molecule has 1 aromatic carbocycles. The van der Waals surface area contributed by atoms with Gasteiger partial charge in [0.25, 0.3) is 5.91 Å². The number of carbonyl (C=O) groups is 1. The molecule has 30 heavy (non-hydrogen) atoms. The van der Waals surface area contributed by atoms with E-state index in [1.54, 1.807) is 7.11 Å². The van der Waals surface area contributed by atoms with E-state index in [0.29, 0.717) is 23.7 Å². The number of aromatic nitrogens is 1. The van der Waals surface area contributed by atoms with Gasteiger partial charge in [0.05, 0.1) is 18.8 Å². The molecular weight excluding hydrogens is 445 g/mol. The predicted molar refractivity (Wildman–Crippen MR) is 123 cm³/mol. The first-order valence-electron chi connectivity index (χ1n) is 9.27. The maximum absolute atomic E-state index is 13.5. The van der Waals surface area contributed by atoms with Gasteiger partial charge in [0, 0.05) is 25.2 Å². The normalized spacial score (nSPS) is 15.8. The molecule has 0 spiro atoms. The summed E-state index contributed by atoms with van der Waals surface area (Å²) in [6, 6.07) is 11.6. The molecule has 9 heteroatoms. The number of nitrogens with zero attached hydrogens (tertiary/aromatic N) is 2. The summed E-state index contributed by atoms with van der Waals surface area (Å²) in [5.41, 5.74) is 1.74. The highest BCUT2D eigenvalue weighted by Crippen LogP contribution is 2.34. The average molecular weight is 470 g/mol. The van der Waals surface area contributed by atoms with Gasteiger partial charge in [-0.15, -0.1) is 36.2 Å². The maximum atomic E-state index is 13.5. The lowest BCUT2D eigenvalue weighted by Gasteiger charge is -2.37. The summed E-state index contributed by atoms with van der Waals surface area (Å²) < 4.78 is 11.2. The van der Waals surface area contributed by atoms with Crippen LogP contribution in [0.5, 0.6) is 5.75 Å². The SMILES string of the molecule is COc1ccccc1C1CNCCN1C(=O)c1sc(-c2ccc(C)o2)nc1C.Cl.Cl. The fourth-order valence-corrected chi connectivity index (χ4v) is 4.53. The molecule has 1 saturated heterocycles. The number of thiazole rings is 1. The van der Waals surface area contributed by atoms with Crippen molar-refractivity contribution in [1.29, 1.82) is 0 Å². The van der Waals surface area contributed by atoms with Crippen LogP contribution in [0.2, 0.25) is 0 Å². The van der Waals surface area contributed by atoms with Gasteiger partial charge >= 0.3 is 0 Å². The molecule has 0 radical (unpaired) electrons. The van der Waals surface area contributed by atoms with Crippen LogP contribution in [0.25, 0.3) is 10.8 Å². The second-order valence-corrected chi connectivity index (χ2v) is 7.80. The highest BCUT2D eigenvalue weighted by molar-refractivity contribution is 7.17. The fourth-order valence-electron chi connectivity index (χ4n) is 3.55. The predicted octanol–water partition coefficient (Wildman–Crippen LogP) is 4.66. The number of halogens is 2. The Bertz CT molecular complexity index is 1010. The topological polar surface area (TPSA) is 67.6 Å². The smallest absolute Gasteiger partial charge is 0.266 e. The van der Waals surface area contributed by atoms with E-state index in [0.717, 1.165) is 34.3 Å². The summed E-state index contributed by atoms with van der Waals surface area (Å²) >= 11 is 1.39. The van der Waals surface area contributed by atoms with E-state index in [-0.39, 0.29) is 36.8 Å². The molecule has 1 aliphatic rings. The number of hydrogen-bond donors (Lipinski definition) is 1. The Hall–Kier alpha value is -2.06. The van der Waals surface area contributed by atoms with Crippen molar-refractivity contribution in [3.8, 4) is 16.5 Å². The van der Waals surface area contributed by atoms with Crippen molar-refractivity contribution in [2.24, 2.45) is 0 Å². The van der Waals surface area contributed by atoms with E-state index in [1.165, 1.54) is 11.3 Å². The summed E-state index contributed by atoms with van der Waals surface area (Å²) in [5, 5.41) is 4.13. The van der Waals surface area contributed by atoms with Crippen LogP contribution in [0.1, 0.15) is 32.7 Å². The van der Waals surface area contributed by atoms with Crippen molar-refractivity contribution >= 4 is 42.1 Å². The number of hydrogen-bond acceptors (Lipinski definition) is 6. The van der Waals surface area contributed by atoms with E-state index in [9.17, 15) is 4.79 Å². The highest BCUT2D eigenvalue weighted by Gasteiger charge is 2.32. The van der Waals surface area contributed by atoms with Crippen LogP contribution in [0, 0.1) is 13.8 Å². The van der Waals surface area contributed by atoms with Crippen molar-refractivity contribution in [2.75, 3.05) is 26.7 Å². The molecule has 162 valence electrons. The fraction of sp³-hybridized carbons (Fsp3) is 0.333. The zero-order chi connectivity index (χ0) is 19.7. The van der Waals surface area contributed by atoms with Gasteiger partial charge in [0.1, 0.15) is 16.4 Å². The molecule has 1 N–H and O–H groups in total. The number of amides is 1. The molecule has 6 nitrogen and oxygen atoms in total. The van der Waals surface area contributed by atoms with Crippen LogP contribution < -0.4 is 10.1 Å². The Kier molecular flexibility index (Phi) is 8.32. The maximum Gasteiger partial charge on any atom is 0.266 e. The molecule has 3 heterocycles. The van der Waals surface area contributed by atoms with Gasteiger partial charge in [-0.2, -0.15) is 0 Å². The van der Waals surface area contributed by atoms with Crippen molar-refractivity contribution in [3.63, 3.8) is 0 Å². The van der Waals surface area contributed by atoms with Gasteiger partial charge in [0.2, 0.25) is 0 Å². The standard InChI is InChI=1S/C21H23N3O3S.2ClH/c1-13-8-9-18(27-13)20-23-14(2)19(28-20)21(25)24-11-10-22-12-16(24)15-6-4-5-7-17(15)26-3;;/h4-9,16,22H,10-12H2,1-3H3;2*1H. The van der Waals surface area contributed by atoms with Crippen molar-refractivity contribution in [3.05, 3.63) is 58.3 Å². The van der Waals surface area contributed by atoms with Crippen LogP contribution in [0.3, 0.4) is 0 Å². The second-order valence-electron chi connectivity index (χ2n) is 6.80. The van der Waals surface area contributed by atoms with Gasteiger partial charge in [-0.05, 0) is 32.0 Å². The number of furan rings is 1. The molecule has 2 aromatic heterocycles. The monoisotopic (exact) mass is 469 g/mol. The molecule has 0 saturated carbocycles. The minimum Gasteiger partial charge on any atom is -0.496 e. The van der Waals surface area contributed by atoms with Crippen LogP contribution in [-0.4, -0.2) is 42.5 Å². The molecule has 4 rings (SSSR count). The molecular formula is C21H25Cl2N3O3S. The molecule has 1 unspecified atom stereocenters. The van der Waals surface area contributed by atoms with E-state index >= 15 is 0 Å². The Labute approximate surface area is 192 Å². The number of aryl methyl sites for hydroxylation is 2. The van der Waals surface area contributed by atoms with Gasteiger partial charge in [0.15, 0.2) is 10.8 Å². The number of ether oxygens (including phenoxy) is 1. The van der Waals surface area contributed by atoms with Crippen LogP contribution in [-0.2, 0) is 0 Å². The number of benzene rings is 1. The lowest BCUT2D eigenvalue weighted by Crippen LogP contribution is -2.48. The van der Waals surface area contributed by atoms with E-state index in [1.807, 2.05) is 55.1 Å². The summed E-state index contributed by atoms with van der Waals surface area (Å²) in [5.74, 6) is 2.32. The van der Waals surface area contributed by atoms with E-state index in [2.05, 4.69) is 10.3 Å². The number of piperazine rings is 1. The summed E-state index contributed by atoms with van der Waals surface area (Å²) in [6.07, 6.45) is 0. The average Bonchev–Trinajstić information content (AvgIpc) is 3.33. The number of nitrogens with one attached hydrogen (secondary N) is 1. The molecule has 0 aliphatic carbocycles. The van der Waals surface area contributed by atoms with Crippen molar-refractivity contribution in [2.45, 2.75) is 19.9 Å². The Balaban J connectivity index is 0.00000160. The van der Waals surface area contributed by atoms with Crippen LogP contribution in [0.15, 0.2) is 40.8 Å². The molecule has 1 atom stereocenters. The number of rotatable bonds is 4. The van der Waals surface area contributed by atoms with Crippen molar-refractivity contribution < 1.29 is 13.9 Å². The summed E-state index contributed by atoms with van der Waals surface area (Å²) in [6.45, 7) is 5.86. The molecule has 1 aliphatic heterocycles. The number of carbonyl (C=O) groups excluding carboxylic acids is 1. The van der Waals surface area contributed by atoms with E-state index < -0.39 is 0 Å². The molecule has 3 aromatic rings. The third-order valence-corrected chi connectivity index (χ3v) is 6.10. The summed E-state index contributed by atoms with van der Waals surface area (Å²) in [4.78, 5) is 20.6. The molecule has 1 fully saturated rings. The highest BCUT2D eigenvalue weighted by atomic mass is 35.5.